The van der Waals surface area contributed by atoms with E-state index in [0.29, 0.717) is 36.4 Å². The van der Waals surface area contributed by atoms with Crippen molar-refractivity contribution >= 4 is 35.1 Å². The van der Waals surface area contributed by atoms with Crippen molar-refractivity contribution in [2.45, 2.75) is 37.9 Å². The Balaban J connectivity index is 1.32. The molecule has 3 aromatic rings. The van der Waals surface area contributed by atoms with Crippen LogP contribution in [-0.2, 0) is 17.8 Å². The molecular formula is C25H25ClFN5O2S. The third kappa shape index (κ3) is 5.13. The van der Waals surface area contributed by atoms with Gasteiger partial charge in [-0.2, -0.15) is 5.10 Å². The minimum absolute atomic E-state index is 0.0595. The van der Waals surface area contributed by atoms with E-state index in [9.17, 15) is 9.59 Å². The number of hydrogen-bond donors (Lipinski definition) is 4. The van der Waals surface area contributed by atoms with E-state index in [0.717, 1.165) is 22.4 Å². The van der Waals surface area contributed by atoms with Crippen LogP contribution in [-0.4, -0.2) is 28.4 Å². The van der Waals surface area contributed by atoms with Crippen molar-refractivity contribution in [1.29, 1.82) is 0 Å². The standard InChI is InChI=1S/C25H25ClFN5O2S/c1-35-28-12-13-3-2-4-14(5-13)18-10-20(27)21(11-19(18)26)30-25(34)16-7-17-6-15-9-23(33)31-32-24(15)22(8-16)29-17/h2-5,9-11,16-17,22,28-29H,6-8,12H2,1H3,(H,30,34)(H,31,33). The van der Waals surface area contributed by atoms with Gasteiger partial charge in [0.25, 0.3) is 5.56 Å². The Morgan fingerprint density at radius 1 is 1.26 bits per heavy atom. The van der Waals surface area contributed by atoms with Crippen LogP contribution in [0.1, 0.15) is 35.7 Å². The molecule has 1 saturated heterocycles. The lowest BCUT2D eigenvalue weighted by atomic mass is 9.79. The highest BCUT2D eigenvalue weighted by Gasteiger charge is 2.38. The van der Waals surface area contributed by atoms with E-state index < -0.39 is 5.82 Å². The molecule has 0 radical (unpaired) electrons. The molecule has 4 N–H and O–H groups in total. The number of carbonyl (C=O) groups excluding carboxylic acids is 1. The molecule has 10 heteroatoms. The zero-order chi connectivity index (χ0) is 24.5. The van der Waals surface area contributed by atoms with Crippen LogP contribution in [0.5, 0.6) is 0 Å². The Kier molecular flexibility index (Phi) is 6.93. The zero-order valence-corrected chi connectivity index (χ0v) is 20.6. The van der Waals surface area contributed by atoms with Gasteiger partial charge in [0, 0.05) is 30.1 Å². The number of aromatic amines is 1. The highest BCUT2D eigenvalue weighted by molar-refractivity contribution is 7.96. The summed E-state index contributed by atoms with van der Waals surface area (Å²) in [7, 11) is 0. The average molecular weight is 514 g/mol. The number of nitrogens with zero attached hydrogens (tertiary/aromatic N) is 1. The predicted molar refractivity (Wildman–Crippen MR) is 137 cm³/mol. The second kappa shape index (κ2) is 10.1. The molecule has 3 atom stereocenters. The lowest BCUT2D eigenvalue weighted by Gasteiger charge is -2.39. The lowest BCUT2D eigenvalue weighted by Crippen LogP contribution is -2.49. The fraction of sp³-hybridized carbons (Fsp3) is 0.320. The van der Waals surface area contributed by atoms with Crippen LogP contribution in [0.2, 0.25) is 5.02 Å². The summed E-state index contributed by atoms with van der Waals surface area (Å²) in [5, 5.41) is 13.2. The third-order valence-corrected chi connectivity index (χ3v) is 7.33. The summed E-state index contributed by atoms with van der Waals surface area (Å²) in [5.41, 5.74) is 3.97. The second-order valence-corrected chi connectivity index (χ2v) is 10.1. The van der Waals surface area contributed by atoms with E-state index in [-0.39, 0.29) is 35.2 Å². The summed E-state index contributed by atoms with van der Waals surface area (Å²) in [6, 6.07) is 12.1. The third-order valence-electron chi connectivity index (χ3n) is 6.59. The summed E-state index contributed by atoms with van der Waals surface area (Å²) < 4.78 is 18.3. The molecule has 1 aromatic heterocycles. The number of benzene rings is 2. The SMILES string of the molecule is CSNCc1cccc(-c2cc(F)c(NC(=O)C3CC4Cc5cc(=O)[nH]nc5C(C3)N4)cc2Cl)c1. The Labute approximate surface area is 211 Å². The van der Waals surface area contributed by atoms with Crippen LogP contribution in [0.25, 0.3) is 11.1 Å². The number of hydrogen-bond acceptors (Lipinski definition) is 6. The Morgan fingerprint density at radius 2 is 2.11 bits per heavy atom. The van der Waals surface area contributed by atoms with Crippen LogP contribution in [0.4, 0.5) is 10.1 Å². The highest BCUT2D eigenvalue weighted by Crippen LogP contribution is 2.37. The van der Waals surface area contributed by atoms with Gasteiger partial charge in [0.15, 0.2) is 0 Å². The summed E-state index contributed by atoms with van der Waals surface area (Å²) in [5.74, 6) is -1.10. The number of piperidine rings is 1. The molecular weight excluding hydrogens is 489 g/mol. The van der Waals surface area contributed by atoms with Gasteiger partial charge in [-0.3, -0.25) is 14.3 Å². The minimum atomic E-state index is -0.538. The average Bonchev–Trinajstić information content (AvgIpc) is 2.84. The fourth-order valence-electron chi connectivity index (χ4n) is 4.98. The summed E-state index contributed by atoms with van der Waals surface area (Å²) in [6.45, 7) is 0.678. The van der Waals surface area contributed by atoms with Crippen molar-refractivity contribution in [3.63, 3.8) is 0 Å². The van der Waals surface area contributed by atoms with E-state index in [1.165, 1.54) is 24.1 Å². The van der Waals surface area contributed by atoms with E-state index >= 15 is 4.39 Å². The predicted octanol–water partition coefficient (Wildman–Crippen LogP) is 4.20. The molecule has 2 aliphatic rings. The lowest BCUT2D eigenvalue weighted by molar-refractivity contribution is -0.121. The van der Waals surface area contributed by atoms with E-state index in [1.807, 2.05) is 30.5 Å². The zero-order valence-electron chi connectivity index (χ0n) is 19.0. The first-order valence-corrected chi connectivity index (χ1v) is 13.0. The molecule has 3 heterocycles. The number of halogens is 2. The van der Waals surface area contributed by atoms with Crippen LogP contribution < -0.4 is 20.9 Å². The minimum Gasteiger partial charge on any atom is -0.323 e. The van der Waals surface area contributed by atoms with Crippen molar-refractivity contribution < 1.29 is 9.18 Å². The van der Waals surface area contributed by atoms with Gasteiger partial charge >= 0.3 is 0 Å². The number of amides is 1. The van der Waals surface area contributed by atoms with Crippen LogP contribution in [0.15, 0.2) is 47.3 Å². The fourth-order valence-corrected chi connectivity index (χ4v) is 5.56. The van der Waals surface area contributed by atoms with Gasteiger partial charge in [-0.25, -0.2) is 9.49 Å². The molecule has 2 aliphatic heterocycles. The van der Waals surface area contributed by atoms with Crippen molar-refractivity contribution in [3.8, 4) is 11.1 Å². The van der Waals surface area contributed by atoms with Gasteiger partial charge in [-0.15, -0.1) is 0 Å². The second-order valence-electron chi connectivity index (χ2n) is 8.96. The van der Waals surface area contributed by atoms with Crippen LogP contribution in [0, 0.1) is 11.7 Å². The largest absolute Gasteiger partial charge is 0.323 e. The first-order valence-electron chi connectivity index (χ1n) is 11.4. The topological polar surface area (TPSA) is 98.9 Å². The molecule has 1 amide bonds. The van der Waals surface area contributed by atoms with Crippen molar-refractivity contribution in [1.82, 2.24) is 20.2 Å². The molecule has 3 unspecified atom stereocenters. The van der Waals surface area contributed by atoms with Gasteiger partial charge in [-0.1, -0.05) is 41.7 Å². The van der Waals surface area contributed by atoms with E-state index in [1.54, 1.807) is 6.07 Å². The van der Waals surface area contributed by atoms with Crippen molar-refractivity contribution in [3.05, 3.63) is 80.5 Å². The van der Waals surface area contributed by atoms with Crippen molar-refractivity contribution in [2.75, 3.05) is 11.6 Å². The van der Waals surface area contributed by atoms with Crippen LogP contribution in [0.3, 0.4) is 0 Å². The quantitative estimate of drug-likeness (QED) is 0.369. The Morgan fingerprint density at radius 3 is 2.94 bits per heavy atom. The Bertz CT molecular complexity index is 1330. The summed E-state index contributed by atoms with van der Waals surface area (Å²) in [4.78, 5) is 24.7. The monoisotopic (exact) mass is 513 g/mol. The molecule has 182 valence electrons. The smallest absolute Gasteiger partial charge is 0.264 e. The van der Waals surface area contributed by atoms with Gasteiger partial charge in [0.1, 0.15) is 5.82 Å². The van der Waals surface area contributed by atoms with Crippen molar-refractivity contribution in [2.24, 2.45) is 5.92 Å². The molecule has 1 fully saturated rings. The number of carbonyl (C=O) groups is 1. The van der Waals surface area contributed by atoms with E-state index in [2.05, 4.69) is 25.6 Å². The van der Waals surface area contributed by atoms with Gasteiger partial charge in [-0.05, 0) is 60.4 Å². The molecule has 35 heavy (non-hydrogen) atoms. The highest BCUT2D eigenvalue weighted by atomic mass is 35.5. The number of aromatic nitrogens is 2. The molecule has 0 aliphatic carbocycles. The molecule has 0 saturated carbocycles. The number of anilines is 1. The molecule has 5 rings (SSSR count). The van der Waals surface area contributed by atoms with Gasteiger partial charge in [0.05, 0.1) is 22.4 Å². The first-order chi connectivity index (χ1) is 16.9. The maximum absolute atomic E-state index is 15.1. The maximum atomic E-state index is 15.1. The molecule has 2 bridgehead atoms. The number of nitrogens with one attached hydrogen (secondary N) is 4. The Hall–Kier alpha value is -2.72. The number of fused-ring (bicyclic) bond motifs is 4. The van der Waals surface area contributed by atoms with Gasteiger partial charge < -0.3 is 10.6 Å². The maximum Gasteiger partial charge on any atom is 0.264 e. The number of H-pyrrole nitrogens is 1. The van der Waals surface area contributed by atoms with Gasteiger partial charge in [0.2, 0.25) is 5.91 Å². The van der Waals surface area contributed by atoms with E-state index in [4.69, 9.17) is 11.6 Å². The summed E-state index contributed by atoms with van der Waals surface area (Å²) in [6.07, 6.45) is 3.70. The molecule has 2 aromatic carbocycles. The normalized spacial score (nSPS) is 20.8. The summed E-state index contributed by atoms with van der Waals surface area (Å²) >= 11 is 8.05. The number of rotatable bonds is 6. The first kappa shape index (κ1) is 24.0. The molecule has 7 nitrogen and oxygen atoms in total. The van der Waals surface area contributed by atoms with Crippen LogP contribution >= 0.6 is 23.5 Å². The molecule has 0 spiro atoms.